The second-order valence-corrected chi connectivity index (χ2v) is 10.5. The molecule has 0 unspecified atom stereocenters. The summed E-state index contributed by atoms with van der Waals surface area (Å²) in [6.45, 7) is 1.20. The molecule has 198 valence electrons. The molecule has 0 N–H and O–H groups in total. The molecule has 0 saturated carbocycles. The number of carbonyl (C=O) groups is 1. The van der Waals surface area contributed by atoms with Crippen molar-refractivity contribution in [2.75, 3.05) is 20.3 Å². The lowest BCUT2D eigenvalue weighted by Crippen LogP contribution is -2.29. The highest BCUT2D eigenvalue weighted by Gasteiger charge is 2.32. The van der Waals surface area contributed by atoms with Gasteiger partial charge in [-0.2, -0.15) is 5.10 Å². The number of aromatic nitrogens is 2. The van der Waals surface area contributed by atoms with Crippen LogP contribution in [0.5, 0.6) is 5.75 Å². The number of nitrogens with zero attached hydrogens (tertiary/aromatic N) is 3. The van der Waals surface area contributed by atoms with Crippen molar-refractivity contribution in [1.82, 2.24) is 14.7 Å². The first kappa shape index (κ1) is 26.8. The minimum atomic E-state index is -0.297. The monoisotopic (exact) mass is 559 g/mol. The Balaban J connectivity index is 1.42. The average Bonchev–Trinajstić information content (AvgIpc) is 3.50. The van der Waals surface area contributed by atoms with Gasteiger partial charge in [0.05, 0.1) is 16.3 Å². The average molecular weight is 560 g/mol. The quantitative estimate of drug-likeness (QED) is 0.126. The van der Waals surface area contributed by atoms with Crippen LogP contribution in [0.4, 0.5) is 4.39 Å². The summed E-state index contributed by atoms with van der Waals surface area (Å²) < 4.78 is 27.2. The summed E-state index contributed by atoms with van der Waals surface area (Å²) in [5, 5.41) is 4.85. The number of methoxy groups -OCH3 is 1. The van der Waals surface area contributed by atoms with E-state index in [9.17, 15) is 9.18 Å². The number of halogens is 1. The molecule has 1 fully saturated rings. The normalized spacial score (nSPS) is 14.4. The van der Waals surface area contributed by atoms with Crippen molar-refractivity contribution in [3.8, 4) is 22.7 Å². The van der Waals surface area contributed by atoms with Crippen LogP contribution in [0, 0.1) is 5.82 Å². The van der Waals surface area contributed by atoms with Crippen molar-refractivity contribution in [2.24, 2.45) is 0 Å². The fourth-order valence-corrected chi connectivity index (χ4v) is 5.42. The maximum absolute atomic E-state index is 13.9. The van der Waals surface area contributed by atoms with Crippen LogP contribution < -0.4 is 4.74 Å². The molecule has 0 radical (unpaired) electrons. The maximum atomic E-state index is 13.9. The molecule has 3 aromatic carbocycles. The van der Waals surface area contributed by atoms with E-state index in [4.69, 9.17) is 26.8 Å². The molecule has 9 heteroatoms. The Hall–Kier alpha value is -3.79. The van der Waals surface area contributed by atoms with E-state index in [1.165, 1.54) is 17.8 Å². The highest BCUT2D eigenvalue weighted by atomic mass is 32.2. The lowest BCUT2D eigenvalue weighted by Gasteiger charge is -2.13. The molecule has 1 aliphatic heterocycles. The zero-order valence-corrected chi connectivity index (χ0v) is 22.9. The standard InChI is InChI=1S/C30H26FN3O3S2/c1-36-17-7-16-33-29(35)27(39-30(33)38)18-23-19-34(24-9-3-2-4-10-24)32-28(23)21-12-14-25(15-13-21)37-20-22-8-5-6-11-26(22)31/h2-6,8-15,18-19H,7,16-17,20H2,1H3. The number of hydrogen-bond acceptors (Lipinski definition) is 6. The third-order valence-electron chi connectivity index (χ3n) is 6.13. The fourth-order valence-electron chi connectivity index (χ4n) is 4.12. The van der Waals surface area contributed by atoms with E-state index in [1.54, 1.807) is 34.9 Å². The molecule has 0 aliphatic carbocycles. The van der Waals surface area contributed by atoms with Gasteiger partial charge < -0.3 is 9.47 Å². The molecule has 5 rings (SSSR count). The first-order valence-electron chi connectivity index (χ1n) is 12.4. The van der Waals surface area contributed by atoms with Crippen LogP contribution in [0.25, 0.3) is 23.0 Å². The summed E-state index contributed by atoms with van der Waals surface area (Å²) >= 11 is 6.77. The molecule has 0 atom stereocenters. The summed E-state index contributed by atoms with van der Waals surface area (Å²) in [5.41, 5.74) is 3.74. The second kappa shape index (κ2) is 12.4. The van der Waals surface area contributed by atoms with E-state index in [1.807, 2.05) is 66.9 Å². The third kappa shape index (κ3) is 6.27. The Labute approximate surface area is 236 Å². The molecule has 4 aromatic rings. The summed E-state index contributed by atoms with van der Waals surface area (Å²) in [6, 6.07) is 23.8. The van der Waals surface area contributed by atoms with Crippen LogP contribution in [0.1, 0.15) is 17.5 Å². The Morgan fingerprint density at radius 1 is 1.03 bits per heavy atom. The van der Waals surface area contributed by atoms with Crippen molar-refractivity contribution < 1.29 is 18.7 Å². The largest absolute Gasteiger partial charge is 0.489 e. The second-order valence-electron chi connectivity index (χ2n) is 8.80. The Morgan fingerprint density at radius 2 is 1.77 bits per heavy atom. The van der Waals surface area contributed by atoms with E-state index in [0.717, 1.165) is 16.8 Å². The Morgan fingerprint density at radius 3 is 2.51 bits per heavy atom. The Bertz CT molecular complexity index is 1500. The summed E-state index contributed by atoms with van der Waals surface area (Å²) in [4.78, 5) is 15.3. The SMILES string of the molecule is COCCCN1C(=O)C(=Cc2cn(-c3ccccc3)nc2-c2ccc(OCc3ccccc3F)cc2)SC1=S. The van der Waals surface area contributed by atoms with Crippen molar-refractivity contribution in [3.05, 3.63) is 107 Å². The van der Waals surface area contributed by atoms with E-state index < -0.39 is 0 Å². The van der Waals surface area contributed by atoms with Gasteiger partial charge in [-0.15, -0.1) is 0 Å². The van der Waals surface area contributed by atoms with Gasteiger partial charge in [0.1, 0.15) is 22.5 Å². The van der Waals surface area contributed by atoms with Gasteiger partial charge in [0, 0.05) is 43.1 Å². The van der Waals surface area contributed by atoms with Crippen LogP contribution in [0.3, 0.4) is 0 Å². The highest BCUT2D eigenvalue weighted by molar-refractivity contribution is 8.26. The van der Waals surface area contributed by atoms with E-state index in [-0.39, 0.29) is 18.3 Å². The van der Waals surface area contributed by atoms with Crippen LogP contribution in [0.2, 0.25) is 0 Å². The smallest absolute Gasteiger partial charge is 0.266 e. The van der Waals surface area contributed by atoms with Gasteiger partial charge in [-0.3, -0.25) is 9.69 Å². The first-order valence-corrected chi connectivity index (χ1v) is 13.6. The summed E-state index contributed by atoms with van der Waals surface area (Å²) in [6.07, 6.45) is 4.46. The van der Waals surface area contributed by atoms with E-state index in [0.29, 0.717) is 45.8 Å². The molecule has 39 heavy (non-hydrogen) atoms. The zero-order chi connectivity index (χ0) is 27.2. The first-order chi connectivity index (χ1) is 19.0. The van der Waals surface area contributed by atoms with Gasteiger partial charge in [0.25, 0.3) is 5.91 Å². The molecular weight excluding hydrogens is 533 g/mol. The summed E-state index contributed by atoms with van der Waals surface area (Å²) in [5.74, 6) is 0.203. The van der Waals surface area contributed by atoms with Crippen LogP contribution in [-0.2, 0) is 16.1 Å². The van der Waals surface area contributed by atoms with Gasteiger partial charge in [0.2, 0.25) is 0 Å². The molecule has 0 spiro atoms. The topological polar surface area (TPSA) is 56.6 Å². The third-order valence-corrected chi connectivity index (χ3v) is 7.51. The van der Waals surface area contributed by atoms with Gasteiger partial charge in [-0.25, -0.2) is 9.07 Å². The number of carbonyl (C=O) groups excluding carboxylic acids is 1. The highest BCUT2D eigenvalue weighted by Crippen LogP contribution is 2.35. The number of ether oxygens (including phenoxy) is 2. The summed E-state index contributed by atoms with van der Waals surface area (Å²) in [7, 11) is 1.64. The number of thioether (sulfide) groups is 1. The number of amides is 1. The molecule has 1 aliphatic rings. The van der Waals surface area contributed by atoms with Crippen LogP contribution in [-0.4, -0.2) is 45.2 Å². The molecule has 2 heterocycles. The fraction of sp³-hybridized carbons (Fsp3) is 0.167. The molecule has 1 saturated heterocycles. The number of hydrogen-bond donors (Lipinski definition) is 0. The lowest BCUT2D eigenvalue weighted by molar-refractivity contribution is -0.122. The van der Waals surface area contributed by atoms with Crippen molar-refractivity contribution in [2.45, 2.75) is 13.0 Å². The number of para-hydroxylation sites is 1. The van der Waals surface area contributed by atoms with Gasteiger partial charge in [-0.1, -0.05) is 60.4 Å². The predicted octanol–water partition coefficient (Wildman–Crippen LogP) is 6.50. The molecule has 6 nitrogen and oxygen atoms in total. The molecule has 0 bridgehead atoms. The predicted molar refractivity (Wildman–Crippen MR) is 156 cm³/mol. The molecule has 1 amide bonds. The molecule has 1 aromatic heterocycles. The number of thiocarbonyl (C=S) groups is 1. The van der Waals surface area contributed by atoms with Crippen molar-refractivity contribution in [1.29, 1.82) is 0 Å². The maximum Gasteiger partial charge on any atom is 0.266 e. The zero-order valence-electron chi connectivity index (χ0n) is 21.2. The van der Waals surface area contributed by atoms with Gasteiger partial charge in [0.15, 0.2) is 0 Å². The van der Waals surface area contributed by atoms with E-state index >= 15 is 0 Å². The van der Waals surface area contributed by atoms with Gasteiger partial charge >= 0.3 is 0 Å². The van der Waals surface area contributed by atoms with Crippen LogP contribution >= 0.6 is 24.0 Å². The van der Waals surface area contributed by atoms with Crippen molar-refractivity contribution >= 4 is 40.3 Å². The van der Waals surface area contributed by atoms with Crippen LogP contribution in [0.15, 0.2) is 90.0 Å². The van der Waals surface area contributed by atoms with Gasteiger partial charge in [-0.05, 0) is 55.0 Å². The lowest BCUT2D eigenvalue weighted by atomic mass is 10.1. The minimum absolute atomic E-state index is 0.114. The Kier molecular flexibility index (Phi) is 8.51. The molecular formula is C30H26FN3O3S2. The number of rotatable bonds is 10. The van der Waals surface area contributed by atoms with Crippen molar-refractivity contribution in [3.63, 3.8) is 0 Å². The van der Waals surface area contributed by atoms with E-state index in [2.05, 4.69) is 0 Å². The number of benzene rings is 3. The minimum Gasteiger partial charge on any atom is -0.489 e.